The van der Waals surface area contributed by atoms with Crippen molar-refractivity contribution < 1.29 is 8.42 Å². The van der Waals surface area contributed by atoms with Gasteiger partial charge in [0, 0.05) is 12.8 Å². The fraction of sp³-hybridized carbons (Fsp3) is 0.778. The molecular formula is C9H17NO2S. The van der Waals surface area contributed by atoms with Gasteiger partial charge in [0.1, 0.15) is 9.84 Å². The Kier molecular flexibility index (Phi) is 3.93. The smallest absolute Gasteiger partial charge is 0.147 e. The largest absolute Gasteiger partial charge is 0.313 e. The van der Waals surface area contributed by atoms with Gasteiger partial charge in [0.25, 0.3) is 0 Å². The van der Waals surface area contributed by atoms with Crippen molar-refractivity contribution in [2.24, 2.45) is 0 Å². The first-order valence-corrected chi connectivity index (χ1v) is 6.70. The van der Waals surface area contributed by atoms with Crippen molar-refractivity contribution in [3.05, 3.63) is 11.6 Å². The third-order valence-corrected chi connectivity index (χ3v) is 3.10. The van der Waals surface area contributed by atoms with Gasteiger partial charge >= 0.3 is 0 Å². The number of hydrogen-bond acceptors (Lipinski definition) is 3. The van der Waals surface area contributed by atoms with Gasteiger partial charge in [-0.05, 0) is 25.8 Å². The van der Waals surface area contributed by atoms with Crippen molar-refractivity contribution in [3.63, 3.8) is 0 Å². The number of hydrogen-bond donors (Lipinski definition) is 1. The molecule has 76 valence electrons. The predicted molar refractivity (Wildman–Crippen MR) is 54.5 cm³/mol. The molecule has 3 nitrogen and oxygen atoms in total. The lowest BCUT2D eigenvalue weighted by Crippen LogP contribution is -2.23. The number of rotatable bonds is 3. The molecule has 1 fully saturated rings. The Balaban J connectivity index is 2.30. The average molecular weight is 203 g/mol. The summed E-state index contributed by atoms with van der Waals surface area (Å²) in [5, 5.41) is 3.26. The van der Waals surface area contributed by atoms with Crippen molar-refractivity contribution in [2.75, 3.05) is 25.1 Å². The van der Waals surface area contributed by atoms with Crippen LogP contribution in [0.25, 0.3) is 0 Å². The lowest BCUT2D eigenvalue weighted by Gasteiger charge is -2.14. The van der Waals surface area contributed by atoms with Crippen LogP contribution in [-0.4, -0.2) is 33.5 Å². The lowest BCUT2D eigenvalue weighted by molar-refractivity contribution is 0.599. The van der Waals surface area contributed by atoms with Crippen LogP contribution >= 0.6 is 0 Å². The quantitative estimate of drug-likeness (QED) is 0.688. The number of allylic oxidation sites excluding steroid dienone is 1. The van der Waals surface area contributed by atoms with Gasteiger partial charge in [0.05, 0.1) is 5.75 Å². The van der Waals surface area contributed by atoms with E-state index in [1.54, 1.807) is 0 Å². The van der Waals surface area contributed by atoms with Crippen molar-refractivity contribution >= 4 is 9.84 Å². The van der Waals surface area contributed by atoms with E-state index in [-0.39, 0.29) is 5.75 Å². The Bertz CT molecular complexity index is 272. The average Bonchev–Trinajstić information content (AvgIpc) is 2.04. The molecule has 1 saturated heterocycles. The topological polar surface area (TPSA) is 46.2 Å². The van der Waals surface area contributed by atoms with Crippen LogP contribution in [0.1, 0.15) is 19.3 Å². The van der Waals surface area contributed by atoms with E-state index in [1.807, 2.05) is 0 Å². The maximum Gasteiger partial charge on any atom is 0.147 e. The molecular weight excluding hydrogens is 186 g/mol. The highest BCUT2D eigenvalue weighted by atomic mass is 32.2. The molecule has 0 aromatic heterocycles. The Morgan fingerprint density at radius 2 is 2.31 bits per heavy atom. The molecule has 0 unspecified atom stereocenters. The third kappa shape index (κ3) is 5.05. The summed E-state index contributed by atoms with van der Waals surface area (Å²) in [7, 11) is -2.79. The molecule has 0 aliphatic carbocycles. The number of sulfone groups is 1. The zero-order valence-corrected chi connectivity index (χ0v) is 8.86. The van der Waals surface area contributed by atoms with Gasteiger partial charge in [-0.25, -0.2) is 8.42 Å². The highest BCUT2D eigenvalue weighted by Gasteiger charge is 2.04. The zero-order valence-electron chi connectivity index (χ0n) is 8.04. The normalized spacial score (nSPS) is 22.1. The van der Waals surface area contributed by atoms with E-state index < -0.39 is 9.84 Å². The first kappa shape index (κ1) is 10.7. The van der Waals surface area contributed by atoms with E-state index in [2.05, 4.69) is 11.4 Å². The van der Waals surface area contributed by atoms with Crippen molar-refractivity contribution in [1.29, 1.82) is 0 Å². The molecule has 0 bridgehead atoms. The summed E-state index contributed by atoms with van der Waals surface area (Å²) in [4.78, 5) is 0. The molecule has 0 atom stereocenters. The molecule has 0 amide bonds. The Labute approximate surface area is 80.1 Å². The summed E-state index contributed by atoms with van der Waals surface area (Å²) < 4.78 is 21.7. The van der Waals surface area contributed by atoms with Gasteiger partial charge in [0.15, 0.2) is 0 Å². The van der Waals surface area contributed by atoms with Crippen LogP contribution in [0.2, 0.25) is 0 Å². The van der Waals surface area contributed by atoms with E-state index in [0.717, 1.165) is 19.5 Å². The van der Waals surface area contributed by atoms with Crippen LogP contribution in [0.5, 0.6) is 0 Å². The summed E-state index contributed by atoms with van der Waals surface area (Å²) in [6.45, 7) is 2.02. The van der Waals surface area contributed by atoms with Gasteiger partial charge in [0.2, 0.25) is 0 Å². The van der Waals surface area contributed by atoms with Crippen LogP contribution in [0.3, 0.4) is 0 Å². The molecule has 1 aliphatic heterocycles. The summed E-state index contributed by atoms with van der Waals surface area (Å²) in [6, 6.07) is 0. The minimum Gasteiger partial charge on any atom is -0.313 e. The Morgan fingerprint density at radius 3 is 2.85 bits per heavy atom. The third-order valence-electron chi connectivity index (χ3n) is 2.13. The fourth-order valence-electron chi connectivity index (χ4n) is 1.43. The first-order valence-electron chi connectivity index (χ1n) is 4.64. The predicted octanol–water partition coefficient (Wildman–Crippen LogP) is 0.731. The van der Waals surface area contributed by atoms with Gasteiger partial charge in [-0.3, -0.25) is 0 Å². The molecule has 13 heavy (non-hydrogen) atoms. The second-order valence-corrected chi connectivity index (χ2v) is 5.82. The second-order valence-electron chi connectivity index (χ2n) is 3.56. The second kappa shape index (κ2) is 4.77. The molecule has 0 spiro atoms. The van der Waals surface area contributed by atoms with Gasteiger partial charge in [-0.2, -0.15) is 0 Å². The highest BCUT2D eigenvalue weighted by molar-refractivity contribution is 7.90. The highest BCUT2D eigenvalue weighted by Crippen LogP contribution is 2.09. The molecule has 1 N–H and O–H groups in total. The molecule has 0 radical (unpaired) electrons. The maximum absolute atomic E-state index is 10.8. The standard InChI is InChI=1S/C9H17NO2S/c1-13(11,12)7-3-5-9-4-2-6-10-8-9/h5,10H,2-4,6-8H2,1H3. The summed E-state index contributed by atoms with van der Waals surface area (Å²) in [6.07, 6.45) is 6.30. The summed E-state index contributed by atoms with van der Waals surface area (Å²) in [5.74, 6) is 0.274. The molecule has 1 aliphatic rings. The molecule has 0 saturated carbocycles. The Hall–Kier alpha value is -0.350. The number of nitrogens with one attached hydrogen (secondary N) is 1. The Morgan fingerprint density at radius 1 is 1.54 bits per heavy atom. The van der Waals surface area contributed by atoms with Crippen LogP contribution in [0.4, 0.5) is 0 Å². The SMILES string of the molecule is CS(=O)(=O)CCC=C1CCCNC1. The van der Waals surface area contributed by atoms with E-state index in [9.17, 15) is 8.42 Å². The summed E-state index contributed by atoms with van der Waals surface area (Å²) in [5.41, 5.74) is 1.36. The fourth-order valence-corrected chi connectivity index (χ4v) is 1.98. The minimum atomic E-state index is -2.79. The van der Waals surface area contributed by atoms with Crippen molar-refractivity contribution in [3.8, 4) is 0 Å². The maximum atomic E-state index is 10.8. The summed E-state index contributed by atoms with van der Waals surface area (Å²) >= 11 is 0. The van der Waals surface area contributed by atoms with Crippen molar-refractivity contribution in [2.45, 2.75) is 19.3 Å². The van der Waals surface area contributed by atoms with Crippen LogP contribution in [0, 0.1) is 0 Å². The van der Waals surface area contributed by atoms with Crippen molar-refractivity contribution in [1.82, 2.24) is 5.32 Å². The van der Waals surface area contributed by atoms with Crippen LogP contribution in [-0.2, 0) is 9.84 Å². The van der Waals surface area contributed by atoms with E-state index in [1.165, 1.54) is 18.2 Å². The van der Waals surface area contributed by atoms with Gasteiger partial charge in [-0.15, -0.1) is 0 Å². The van der Waals surface area contributed by atoms with Gasteiger partial charge < -0.3 is 5.32 Å². The minimum absolute atomic E-state index is 0.274. The molecule has 1 heterocycles. The molecule has 0 aromatic rings. The number of piperidine rings is 1. The van der Waals surface area contributed by atoms with E-state index in [4.69, 9.17) is 0 Å². The molecule has 1 rings (SSSR count). The van der Waals surface area contributed by atoms with Crippen LogP contribution < -0.4 is 5.32 Å². The molecule has 0 aromatic carbocycles. The molecule has 4 heteroatoms. The zero-order chi connectivity index (χ0) is 9.73. The first-order chi connectivity index (χ1) is 6.08. The van der Waals surface area contributed by atoms with E-state index in [0.29, 0.717) is 6.42 Å². The van der Waals surface area contributed by atoms with E-state index >= 15 is 0 Å². The monoisotopic (exact) mass is 203 g/mol. The van der Waals surface area contributed by atoms with Crippen LogP contribution in [0.15, 0.2) is 11.6 Å². The van der Waals surface area contributed by atoms with Gasteiger partial charge in [-0.1, -0.05) is 11.6 Å². The lowest BCUT2D eigenvalue weighted by atomic mass is 10.1.